The van der Waals surface area contributed by atoms with E-state index in [0.717, 1.165) is 6.04 Å². The van der Waals surface area contributed by atoms with Crippen molar-refractivity contribution in [2.45, 2.75) is 39.2 Å². The van der Waals surface area contributed by atoms with Crippen LogP contribution >= 0.6 is 0 Å². The Balaban J connectivity index is 2.40. The summed E-state index contributed by atoms with van der Waals surface area (Å²) in [5, 5.41) is 0. The molecule has 1 aliphatic rings. The standard InChI is InChI=1S/C10H19N/c1-3-8-11-9-6-5-7-10(11)4-2/h5-6,10H,3-4,7-9H2,1-2H3. The molecule has 1 nitrogen and oxygen atoms in total. The Labute approximate surface area is 70.1 Å². The normalized spacial score (nSPS) is 25.8. The van der Waals surface area contributed by atoms with Crippen molar-refractivity contribution in [3.05, 3.63) is 12.2 Å². The van der Waals surface area contributed by atoms with Crippen LogP contribution < -0.4 is 0 Å². The lowest BCUT2D eigenvalue weighted by molar-refractivity contribution is 0.203. The van der Waals surface area contributed by atoms with Crippen LogP contribution in [0.1, 0.15) is 33.1 Å². The van der Waals surface area contributed by atoms with Crippen molar-refractivity contribution in [2.24, 2.45) is 0 Å². The van der Waals surface area contributed by atoms with Crippen LogP contribution in [0, 0.1) is 0 Å². The first-order valence-corrected chi connectivity index (χ1v) is 4.77. The van der Waals surface area contributed by atoms with E-state index in [1.165, 1.54) is 32.4 Å². The van der Waals surface area contributed by atoms with Crippen molar-refractivity contribution in [3.8, 4) is 0 Å². The number of nitrogens with zero attached hydrogens (tertiary/aromatic N) is 1. The van der Waals surface area contributed by atoms with Crippen LogP contribution in [-0.2, 0) is 0 Å². The zero-order chi connectivity index (χ0) is 8.10. The summed E-state index contributed by atoms with van der Waals surface area (Å²) in [6, 6.07) is 0.819. The van der Waals surface area contributed by atoms with Crippen LogP contribution in [0.15, 0.2) is 12.2 Å². The van der Waals surface area contributed by atoms with Gasteiger partial charge in [0.25, 0.3) is 0 Å². The first-order valence-electron chi connectivity index (χ1n) is 4.77. The van der Waals surface area contributed by atoms with E-state index in [1.54, 1.807) is 0 Å². The van der Waals surface area contributed by atoms with Crippen LogP contribution in [0.4, 0.5) is 0 Å². The number of hydrogen-bond donors (Lipinski definition) is 0. The van der Waals surface area contributed by atoms with E-state index >= 15 is 0 Å². The molecule has 1 aliphatic heterocycles. The van der Waals surface area contributed by atoms with E-state index in [-0.39, 0.29) is 0 Å². The lowest BCUT2D eigenvalue weighted by Crippen LogP contribution is -2.37. The minimum Gasteiger partial charge on any atom is -0.296 e. The van der Waals surface area contributed by atoms with Crippen molar-refractivity contribution in [3.63, 3.8) is 0 Å². The molecule has 0 saturated heterocycles. The molecule has 0 saturated carbocycles. The van der Waals surface area contributed by atoms with Crippen molar-refractivity contribution in [2.75, 3.05) is 13.1 Å². The molecule has 0 radical (unpaired) electrons. The van der Waals surface area contributed by atoms with E-state index in [0.29, 0.717) is 0 Å². The van der Waals surface area contributed by atoms with Crippen molar-refractivity contribution < 1.29 is 0 Å². The molecule has 0 aromatic carbocycles. The average Bonchev–Trinajstić information content (AvgIpc) is 2.06. The van der Waals surface area contributed by atoms with Gasteiger partial charge >= 0.3 is 0 Å². The maximum atomic E-state index is 2.58. The zero-order valence-electron chi connectivity index (χ0n) is 7.71. The third kappa shape index (κ3) is 2.33. The van der Waals surface area contributed by atoms with Gasteiger partial charge in [-0.15, -0.1) is 0 Å². The highest BCUT2D eigenvalue weighted by molar-refractivity contribution is 4.95. The predicted molar refractivity (Wildman–Crippen MR) is 49.7 cm³/mol. The van der Waals surface area contributed by atoms with Gasteiger partial charge in [-0.1, -0.05) is 26.0 Å². The molecule has 1 heteroatoms. The highest BCUT2D eigenvalue weighted by Gasteiger charge is 2.15. The summed E-state index contributed by atoms with van der Waals surface area (Å²) in [6.45, 7) is 6.98. The highest BCUT2D eigenvalue weighted by atomic mass is 15.1. The molecule has 1 unspecified atom stereocenters. The summed E-state index contributed by atoms with van der Waals surface area (Å²) in [4.78, 5) is 2.58. The fourth-order valence-corrected chi connectivity index (χ4v) is 1.75. The summed E-state index contributed by atoms with van der Waals surface area (Å²) in [5.74, 6) is 0. The summed E-state index contributed by atoms with van der Waals surface area (Å²) < 4.78 is 0. The molecule has 0 fully saturated rings. The maximum Gasteiger partial charge on any atom is 0.0166 e. The second kappa shape index (κ2) is 4.55. The Hall–Kier alpha value is -0.300. The molecule has 0 amide bonds. The van der Waals surface area contributed by atoms with Gasteiger partial charge in [-0.3, -0.25) is 4.90 Å². The van der Waals surface area contributed by atoms with E-state index < -0.39 is 0 Å². The molecule has 0 aromatic rings. The Kier molecular flexibility index (Phi) is 3.64. The summed E-state index contributed by atoms with van der Waals surface area (Å²) in [7, 11) is 0. The fraction of sp³-hybridized carbons (Fsp3) is 0.800. The molecular formula is C10H19N. The zero-order valence-corrected chi connectivity index (χ0v) is 7.71. The summed E-state index contributed by atoms with van der Waals surface area (Å²) >= 11 is 0. The van der Waals surface area contributed by atoms with Crippen LogP contribution in [0.25, 0.3) is 0 Å². The fourth-order valence-electron chi connectivity index (χ4n) is 1.75. The lowest BCUT2D eigenvalue weighted by Gasteiger charge is -2.31. The minimum absolute atomic E-state index is 0.819. The van der Waals surface area contributed by atoms with Gasteiger partial charge < -0.3 is 0 Å². The van der Waals surface area contributed by atoms with Gasteiger partial charge in [0.1, 0.15) is 0 Å². The van der Waals surface area contributed by atoms with Gasteiger partial charge in [-0.2, -0.15) is 0 Å². The Bertz CT molecular complexity index is 129. The lowest BCUT2D eigenvalue weighted by atomic mass is 10.1. The third-order valence-electron chi connectivity index (χ3n) is 2.41. The Morgan fingerprint density at radius 2 is 2.18 bits per heavy atom. The monoisotopic (exact) mass is 153 g/mol. The predicted octanol–water partition coefficient (Wildman–Crippen LogP) is 2.44. The SMILES string of the molecule is CCCN1CC=CCC1CC. The van der Waals surface area contributed by atoms with E-state index in [2.05, 4.69) is 30.9 Å². The van der Waals surface area contributed by atoms with Crippen molar-refractivity contribution >= 4 is 0 Å². The molecule has 1 atom stereocenters. The van der Waals surface area contributed by atoms with Crippen molar-refractivity contribution in [1.82, 2.24) is 4.90 Å². The topological polar surface area (TPSA) is 3.24 Å². The molecule has 0 N–H and O–H groups in total. The second-order valence-corrected chi connectivity index (χ2v) is 3.26. The van der Waals surface area contributed by atoms with Gasteiger partial charge in [-0.05, 0) is 25.8 Å². The highest BCUT2D eigenvalue weighted by Crippen LogP contribution is 2.14. The van der Waals surface area contributed by atoms with Gasteiger partial charge in [-0.25, -0.2) is 0 Å². The maximum absolute atomic E-state index is 2.58. The van der Waals surface area contributed by atoms with Gasteiger partial charge in [0.05, 0.1) is 0 Å². The van der Waals surface area contributed by atoms with Gasteiger partial charge in [0.15, 0.2) is 0 Å². The molecule has 1 rings (SSSR count). The molecule has 1 heterocycles. The van der Waals surface area contributed by atoms with E-state index in [1.807, 2.05) is 0 Å². The van der Waals surface area contributed by atoms with Crippen LogP contribution in [-0.4, -0.2) is 24.0 Å². The molecule has 0 aromatic heterocycles. The molecule has 0 bridgehead atoms. The molecular weight excluding hydrogens is 134 g/mol. The smallest absolute Gasteiger partial charge is 0.0166 e. The van der Waals surface area contributed by atoms with E-state index in [9.17, 15) is 0 Å². The van der Waals surface area contributed by atoms with E-state index in [4.69, 9.17) is 0 Å². The molecule has 0 spiro atoms. The molecule has 0 aliphatic carbocycles. The first-order chi connectivity index (χ1) is 5.38. The summed E-state index contributed by atoms with van der Waals surface area (Å²) in [6.07, 6.45) is 8.45. The number of hydrogen-bond acceptors (Lipinski definition) is 1. The average molecular weight is 153 g/mol. The van der Waals surface area contributed by atoms with Gasteiger partial charge in [0.2, 0.25) is 0 Å². The van der Waals surface area contributed by atoms with Gasteiger partial charge in [0, 0.05) is 12.6 Å². The summed E-state index contributed by atoms with van der Waals surface area (Å²) in [5.41, 5.74) is 0. The molecule has 64 valence electrons. The van der Waals surface area contributed by atoms with Crippen molar-refractivity contribution in [1.29, 1.82) is 0 Å². The Morgan fingerprint density at radius 1 is 1.36 bits per heavy atom. The molecule has 11 heavy (non-hydrogen) atoms. The number of rotatable bonds is 3. The first kappa shape index (κ1) is 8.79. The second-order valence-electron chi connectivity index (χ2n) is 3.26. The van der Waals surface area contributed by atoms with Crippen LogP contribution in [0.2, 0.25) is 0 Å². The largest absolute Gasteiger partial charge is 0.296 e. The Morgan fingerprint density at radius 3 is 2.82 bits per heavy atom. The quantitative estimate of drug-likeness (QED) is 0.563. The minimum atomic E-state index is 0.819. The van der Waals surface area contributed by atoms with Crippen LogP contribution in [0.5, 0.6) is 0 Å². The third-order valence-corrected chi connectivity index (χ3v) is 2.41. The van der Waals surface area contributed by atoms with Crippen LogP contribution in [0.3, 0.4) is 0 Å².